The molecule has 2 amide bonds. The van der Waals surface area contributed by atoms with Crippen molar-refractivity contribution in [2.45, 2.75) is 19.1 Å². The molecule has 0 saturated carbocycles. The van der Waals surface area contributed by atoms with Gasteiger partial charge in [-0.15, -0.1) is 0 Å². The molecule has 1 aliphatic heterocycles. The van der Waals surface area contributed by atoms with Crippen LogP contribution in [0.25, 0.3) is 0 Å². The van der Waals surface area contributed by atoms with Gasteiger partial charge in [0.1, 0.15) is 17.7 Å². The lowest BCUT2D eigenvalue weighted by Gasteiger charge is -2.19. The standard InChI is InChI=1S/C18H19FN2O2/c1-21(12-13-6-8-15(19)9-7-13)18(22)20-11-16-10-14-4-2-3-5-17(14)23-16/h2-9,16H,10-12H2,1H3,(H,20,22)/t16-/m0/s1. The smallest absolute Gasteiger partial charge is 0.317 e. The fraction of sp³-hybridized carbons (Fsp3) is 0.278. The Kier molecular flexibility index (Phi) is 4.46. The van der Waals surface area contributed by atoms with E-state index in [1.807, 2.05) is 24.3 Å². The van der Waals surface area contributed by atoms with Crippen molar-refractivity contribution in [2.75, 3.05) is 13.6 Å². The molecule has 120 valence electrons. The van der Waals surface area contributed by atoms with E-state index in [9.17, 15) is 9.18 Å². The molecule has 23 heavy (non-hydrogen) atoms. The number of fused-ring (bicyclic) bond motifs is 1. The number of benzene rings is 2. The predicted molar refractivity (Wildman–Crippen MR) is 85.8 cm³/mol. The molecule has 3 rings (SSSR count). The first-order valence-corrected chi connectivity index (χ1v) is 7.60. The number of hydrogen-bond acceptors (Lipinski definition) is 2. The van der Waals surface area contributed by atoms with Crippen molar-refractivity contribution >= 4 is 6.03 Å². The van der Waals surface area contributed by atoms with Crippen molar-refractivity contribution < 1.29 is 13.9 Å². The van der Waals surface area contributed by atoms with Gasteiger partial charge in [0.05, 0.1) is 6.54 Å². The van der Waals surface area contributed by atoms with Gasteiger partial charge in [-0.2, -0.15) is 0 Å². The van der Waals surface area contributed by atoms with Gasteiger partial charge >= 0.3 is 6.03 Å². The van der Waals surface area contributed by atoms with Crippen LogP contribution in [0.5, 0.6) is 5.75 Å². The van der Waals surface area contributed by atoms with Crippen LogP contribution in [0, 0.1) is 5.82 Å². The minimum Gasteiger partial charge on any atom is -0.488 e. The predicted octanol–water partition coefficient (Wildman–Crippen LogP) is 2.97. The van der Waals surface area contributed by atoms with E-state index in [0.717, 1.165) is 17.7 Å². The summed E-state index contributed by atoms with van der Waals surface area (Å²) >= 11 is 0. The molecule has 2 aromatic rings. The van der Waals surface area contributed by atoms with E-state index >= 15 is 0 Å². The maximum Gasteiger partial charge on any atom is 0.317 e. The summed E-state index contributed by atoms with van der Waals surface area (Å²) in [7, 11) is 1.71. The minimum atomic E-state index is -0.279. The lowest BCUT2D eigenvalue weighted by atomic mass is 10.1. The van der Waals surface area contributed by atoms with Gasteiger partial charge < -0.3 is 15.0 Å². The van der Waals surface area contributed by atoms with Crippen molar-refractivity contribution in [3.8, 4) is 5.75 Å². The minimum absolute atomic E-state index is 0.0319. The van der Waals surface area contributed by atoms with Crippen LogP contribution in [-0.2, 0) is 13.0 Å². The Labute approximate surface area is 134 Å². The molecular formula is C18H19FN2O2. The Morgan fingerprint density at radius 1 is 1.26 bits per heavy atom. The normalized spacial score (nSPS) is 15.7. The number of para-hydroxylation sites is 1. The highest BCUT2D eigenvalue weighted by atomic mass is 19.1. The number of amides is 2. The fourth-order valence-corrected chi connectivity index (χ4v) is 2.64. The van der Waals surface area contributed by atoms with Crippen molar-refractivity contribution in [3.05, 3.63) is 65.5 Å². The number of urea groups is 1. The summed E-state index contributed by atoms with van der Waals surface area (Å²) in [6.45, 7) is 0.888. The lowest BCUT2D eigenvalue weighted by Crippen LogP contribution is -2.41. The number of carbonyl (C=O) groups is 1. The second kappa shape index (κ2) is 6.69. The van der Waals surface area contributed by atoms with Crippen LogP contribution in [0.3, 0.4) is 0 Å². The van der Waals surface area contributed by atoms with Crippen molar-refractivity contribution in [3.63, 3.8) is 0 Å². The Bertz CT molecular complexity index is 663. The van der Waals surface area contributed by atoms with Gasteiger partial charge in [-0.1, -0.05) is 30.3 Å². The number of hydrogen-bond donors (Lipinski definition) is 1. The third kappa shape index (κ3) is 3.80. The number of carbonyl (C=O) groups excluding carboxylic acids is 1. The largest absolute Gasteiger partial charge is 0.488 e. The zero-order valence-electron chi connectivity index (χ0n) is 13.0. The number of rotatable bonds is 4. The average molecular weight is 314 g/mol. The molecule has 2 aromatic carbocycles. The summed E-state index contributed by atoms with van der Waals surface area (Å²) in [5.41, 5.74) is 2.06. The zero-order chi connectivity index (χ0) is 16.2. The maximum atomic E-state index is 12.9. The number of halogens is 1. The fourth-order valence-electron chi connectivity index (χ4n) is 2.64. The van der Waals surface area contributed by atoms with E-state index in [2.05, 4.69) is 5.32 Å². The second-order valence-corrected chi connectivity index (χ2v) is 5.72. The molecule has 1 atom stereocenters. The molecule has 1 N–H and O–H groups in total. The molecule has 0 radical (unpaired) electrons. The topological polar surface area (TPSA) is 41.6 Å². The van der Waals surface area contributed by atoms with Gasteiger partial charge in [-0.25, -0.2) is 9.18 Å². The van der Waals surface area contributed by atoms with E-state index < -0.39 is 0 Å². The maximum absolute atomic E-state index is 12.9. The Balaban J connectivity index is 1.47. The summed E-state index contributed by atoms with van der Waals surface area (Å²) < 4.78 is 18.7. The highest BCUT2D eigenvalue weighted by molar-refractivity contribution is 5.73. The molecule has 0 saturated heterocycles. The molecule has 4 nitrogen and oxygen atoms in total. The van der Waals surface area contributed by atoms with Crippen LogP contribution in [-0.4, -0.2) is 30.6 Å². The third-order valence-electron chi connectivity index (χ3n) is 3.87. The van der Waals surface area contributed by atoms with Gasteiger partial charge in [0, 0.05) is 20.0 Å². The van der Waals surface area contributed by atoms with Crippen molar-refractivity contribution in [1.82, 2.24) is 10.2 Å². The molecule has 0 aromatic heterocycles. The lowest BCUT2D eigenvalue weighted by molar-refractivity contribution is 0.191. The molecule has 0 fully saturated rings. The molecule has 1 aliphatic rings. The van der Waals surface area contributed by atoms with Gasteiger partial charge in [0.2, 0.25) is 0 Å². The Morgan fingerprint density at radius 3 is 2.74 bits per heavy atom. The van der Waals surface area contributed by atoms with Gasteiger partial charge in [-0.3, -0.25) is 0 Å². The first kappa shape index (κ1) is 15.3. The molecule has 0 unspecified atom stereocenters. The zero-order valence-corrected chi connectivity index (χ0v) is 13.0. The highest BCUT2D eigenvalue weighted by Crippen LogP contribution is 2.27. The summed E-state index contributed by atoms with van der Waals surface area (Å²) in [6, 6.07) is 13.9. The van der Waals surface area contributed by atoms with Crippen LogP contribution in [0.1, 0.15) is 11.1 Å². The summed E-state index contributed by atoms with van der Waals surface area (Å²) in [5, 5.41) is 2.88. The Hall–Kier alpha value is -2.56. The SMILES string of the molecule is CN(Cc1ccc(F)cc1)C(=O)NC[C@@H]1Cc2ccccc2O1. The molecule has 0 aliphatic carbocycles. The van der Waals surface area contributed by atoms with Crippen LogP contribution in [0.4, 0.5) is 9.18 Å². The molecule has 0 bridgehead atoms. The van der Waals surface area contributed by atoms with Crippen LogP contribution in [0.2, 0.25) is 0 Å². The first-order valence-electron chi connectivity index (χ1n) is 7.60. The van der Waals surface area contributed by atoms with E-state index in [0.29, 0.717) is 13.1 Å². The quantitative estimate of drug-likeness (QED) is 0.942. The molecule has 5 heteroatoms. The summed E-state index contributed by atoms with van der Waals surface area (Å²) in [6.07, 6.45) is 0.772. The van der Waals surface area contributed by atoms with E-state index in [1.165, 1.54) is 17.7 Å². The van der Waals surface area contributed by atoms with Crippen molar-refractivity contribution in [1.29, 1.82) is 0 Å². The first-order chi connectivity index (χ1) is 11.1. The number of nitrogens with one attached hydrogen (secondary N) is 1. The van der Waals surface area contributed by atoms with Gasteiger partial charge in [-0.05, 0) is 29.3 Å². The third-order valence-corrected chi connectivity index (χ3v) is 3.87. The van der Waals surface area contributed by atoms with E-state index in [4.69, 9.17) is 4.74 Å². The van der Waals surface area contributed by atoms with Gasteiger partial charge in [0.25, 0.3) is 0 Å². The molecule has 1 heterocycles. The molecule has 0 spiro atoms. The second-order valence-electron chi connectivity index (χ2n) is 5.72. The number of ether oxygens (including phenoxy) is 1. The van der Waals surface area contributed by atoms with Crippen molar-refractivity contribution in [2.24, 2.45) is 0 Å². The summed E-state index contributed by atoms with van der Waals surface area (Å²) in [4.78, 5) is 13.7. The van der Waals surface area contributed by atoms with E-state index in [1.54, 1.807) is 24.1 Å². The monoisotopic (exact) mass is 314 g/mol. The van der Waals surface area contributed by atoms with Gasteiger partial charge in [0.15, 0.2) is 0 Å². The van der Waals surface area contributed by atoms with Crippen LogP contribution < -0.4 is 10.1 Å². The molecular weight excluding hydrogens is 295 g/mol. The average Bonchev–Trinajstić information content (AvgIpc) is 2.97. The van der Waals surface area contributed by atoms with Crippen LogP contribution in [0.15, 0.2) is 48.5 Å². The summed E-state index contributed by atoms with van der Waals surface area (Å²) in [5.74, 6) is 0.616. The number of nitrogens with zero attached hydrogens (tertiary/aromatic N) is 1. The van der Waals surface area contributed by atoms with Crippen LogP contribution >= 0.6 is 0 Å². The Morgan fingerprint density at radius 2 is 2.00 bits per heavy atom. The van der Waals surface area contributed by atoms with E-state index in [-0.39, 0.29) is 18.0 Å². The highest BCUT2D eigenvalue weighted by Gasteiger charge is 2.23.